The Bertz CT molecular complexity index is 2440. The van der Waals surface area contributed by atoms with E-state index in [2.05, 4.69) is 50.4 Å². The van der Waals surface area contributed by atoms with E-state index >= 15 is 4.39 Å². The number of nitriles is 1. The number of pyridine rings is 1. The number of hydrogen-bond donors (Lipinski definition) is 3. The molecule has 0 spiro atoms. The van der Waals surface area contributed by atoms with Gasteiger partial charge in [-0.15, -0.1) is 5.10 Å². The number of anilines is 1. The molecule has 3 aromatic heterocycles. The number of hydrogen-bond acceptors (Lipinski definition) is 10. The lowest BCUT2D eigenvalue weighted by molar-refractivity contribution is 0.227. The van der Waals surface area contributed by atoms with Crippen LogP contribution in [0.5, 0.6) is 5.75 Å². The van der Waals surface area contributed by atoms with Crippen LogP contribution in [0.25, 0.3) is 55.4 Å². The Balaban J connectivity index is 1.27. The minimum absolute atomic E-state index is 0.0528. The van der Waals surface area contributed by atoms with Crippen molar-refractivity contribution in [3.8, 4) is 34.5 Å². The number of likely N-dealkylation sites (N-methyl/N-ethyl adjacent to an activating group) is 1. The molecule has 11 rings (SSSR count). The SMILES string of the molecule is CN(C)C1CN(c2nc3c(F)c(-c4cc(O)cc5ccccc45)c(CCC#N)cc3c3c2nc(-c2cn(C4CCNCC4)nn2)n3C2C3CNC2C3)C1. The fraction of sp³-hybridized carbons (Fsp3) is 0.425. The molecule has 270 valence electrons. The van der Waals surface area contributed by atoms with Gasteiger partial charge in [-0.1, -0.05) is 29.5 Å². The Labute approximate surface area is 306 Å². The van der Waals surface area contributed by atoms with Crippen LogP contribution in [0, 0.1) is 23.1 Å². The lowest BCUT2D eigenvalue weighted by atomic mass is 9.79. The van der Waals surface area contributed by atoms with Crippen LogP contribution < -0.4 is 15.5 Å². The van der Waals surface area contributed by atoms with Crippen LogP contribution in [-0.2, 0) is 6.42 Å². The number of nitrogens with zero attached hydrogens (tertiary/aromatic N) is 9. The van der Waals surface area contributed by atoms with Crippen molar-refractivity contribution >= 4 is 38.5 Å². The Morgan fingerprint density at radius 2 is 1.89 bits per heavy atom. The summed E-state index contributed by atoms with van der Waals surface area (Å²) in [6, 6.07) is 16.3. The molecule has 4 saturated heterocycles. The van der Waals surface area contributed by atoms with Gasteiger partial charge >= 0.3 is 0 Å². The van der Waals surface area contributed by atoms with E-state index in [-0.39, 0.29) is 35.8 Å². The van der Waals surface area contributed by atoms with E-state index in [1.165, 1.54) is 0 Å². The maximum absolute atomic E-state index is 17.8. The summed E-state index contributed by atoms with van der Waals surface area (Å²) >= 11 is 0. The van der Waals surface area contributed by atoms with Crippen LogP contribution in [0.4, 0.5) is 10.2 Å². The molecule has 5 fully saturated rings. The van der Waals surface area contributed by atoms with Gasteiger partial charge in [0, 0.05) is 49.1 Å². The minimum atomic E-state index is -0.458. The molecule has 0 amide bonds. The quantitative estimate of drug-likeness (QED) is 0.194. The van der Waals surface area contributed by atoms with Crippen LogP contribution in [-0.4, -0.2) is 98.4 Å². The van der Waals surface area contributed by atoms with E-state index in [0.29, 0.717) is 52.0 Å². The number of aryl methyl sites for hydroxylation is 1. The Morgan fingerprint density at radius 1 is 1.06 bits per heavy atom. The largest absolute Gasteiger partial charge is 0.508 e. The molecule has 53 heavy (non-hydrogen) atoms. The first-order valence-corrected chi connectivity index (χ1v) is 18.8. The number of aromatic hydroxyl groups is 1. The smallest absolute Gasteiger partial charge is 0.163 e. The van der Waals surface area contributed by atoms with Gasteiger partial charge in [-0.05, 0) is 98.9 Å². The van der Waals surface area contributed by atoms with Gasteiger partial charge in [0.25, 0.3) is 0 Å². The van der Waals surface area contributed by atoms with Gasteiger partial charge in [0.2, 0.25) is 0 Å². The van der Waals surface area contributed by atoms with Crippen molar-refractivity contribution in [2.75, 3.05) is 51.7 Å². The zero-order valence-electron chi connectivity index (χ0n) is 29.9. The average molecular weight is 712 g/mol. The van der Waals surface area contributed by atoms with E-state index in [9.17, 15) is 10.4 Å². The fourth-order valence-corrected chi connectivity index (χ4v) is 9.28. The summed E-state index contributed by atoms with van der Waals surface area (Å²) in [5.74, 6) is 1.39. The molecule has 12 nitrogen and oxygen atoms in total. The molecular formula is C40H42FN11O. The number of piperidine rings is 1. The maximum Gasteiger partial charge on any atom is 0.163 e. The van der Waals surface area contributed by atoms with E-state index in [0.717, 1.165) is 79.6 Å². The average Bonchev–Trinajstić information content (AvgIpc) is 3.95. The molecule has 2 bridgehead atoms. The van der Waals surface area contributed by atoms with Gasteiger partial charge < -0.3 is 30.1 Å². The van der Waals surface area contributed by atoms with Crippen LogP contribution in [0.2, 0.25) is 0 Å². The van der Waals surface area contributed by atoms with Gasteiger partial charge in [-0.2, -0.15) is 5.26 Å². The van der Waals surface area contributed by atoms with Gasteiger partial charge in [0.05, 0.1) is 29.9 Å². The van der Waals surface area contributed by atoms with Crippen molar-refractivity contribution in [2.45, 2.75) is 56.3 Å². The molecule has 3 atom stereocenters. The van der Waals surface area contributed by atoms with Crippen LogP contribution in [0.15, 0.2) is 48.7 Å². The van der Waals surface area contributed by atoms with E-state index in [4.69, 9.17) is 15.1 Å². The zero-order chi connectivity index (χ0) is 36.0. The first-order chi connectivity index (χ1) is 25.9. The third-order valence-corrected chi connectivity index (χ3v) is 12.2. The number of phenols is 1. The molecule has 1 aliphatic carbocycles. The Morgan fingerprint density at radius 3 is 2.64 bits per heavy atom. The lowest BCUT2D eigenvalue weighted by Gasteiger charge is -2.43. The molecule has 5 aliphatic rings. The number of benzene rings is 3. The second-order valence-electron chi connectivity index (χ2n) is 15.5. The zero-order valence-corrected chi connectivity index (χ0v) is 29.9. The topological polar surface area (TPSA) is 136 Å². The van der Waals surface area contributed by atoms with Crippen LogP contribution in [0.1, 0.15) is 43.3 Å². The van der Waals surface area contributed by atoms with Crippen molar-refractivity contribution in [3.05, 3.63) is 60.0 Å². The lowest BCUT2D eigenvalue weighted by Crippen LogP contribution is -2.57. The highest BCUT2D eigenvalue weighted by molar-refractivity contribution is 6.11. The summed E-state index contributed by atoms with van der Waals surface area (Å²) in [6.07, 6.45) is 5.63. The molecule has 0 radical (unpaired) electrons. The number of rotatable bonds is 8. The molecule has 3 N–H and O–H groups in total. The van der Waals surface area contributed by atoms with Crippen molar-refractivity contribution in [1.29, 1.82) is 5.26 Å². The predicted octanol–water partition coefficient (Wildman–Crippen LogP) is 5.17. The fourth-order valence-electron chi connectivity index (χ4n) is 9.28. The highest BCUT2D eigenvalue weighted by Gasteiger charge is 2.50. The maximum atomic E-state index is 17.8. The van der Waals surface area contributed by atoms with Crippen LogP contribution in [0.3, 0.4) is 0 Å². The third kappa shape index (κ3) is 5.10. The normalized spacial score (nSPS) is 21.9. The predicted molar refractivity (Wildman–Crippen MR) is 202 cm³/mol. The number of nitrogens with one attached hydrogen (secondary N) is 2. The van der Waals surface area contributed by atoms with Crippen LogP contribution >= 0.6 is 0 Å². The summed E-state index contributed by atoms with van der Waals surface area (Å²) in [5.41, 5.74) is 4.18. The standard InChI is InChI=1S/C40H42FN11O/c1-49(2)26-19-50(20-26)40-36-38(52(37-24-16-31(37)44-18-24)39(46-36)32-21-51(48-47-32)25-9-12-43-13-10-25)30-15-23(7-5-11-42)33(34(41)35(30)45-40)29-17-27(53)14-22-6-3-4-8-28(22)29/h3-4,6,8,14-15,17,21,24-26,31,37,43-44,53H,5,7,9-10,12-13,16,18-20H2,1-2H3. The van der Waals surface area contributed by atoms with Gasteiger partial charge in [-0.3, -0.25) is 0 Å². The van der Waals surface area contributed by atoms with E-state index < -0.39 is 5.82 Å². The van der Waals surface area contributed by atoms with E-state index in [1.807, 2.05) is 41.2 Å². The summed E-state index contributed by atoms with van der Waals surface area (Å²) in [6.45, 7) is 4.30. The van der Waals surface area contributed by atoms with Gasteiger partial charge in [0.1, 0.15) is 22.5 Å². The number of halogens is 1. The van der Waals surface area contributed by atoms with Crippen molar-refractivity contribution < 1.29 is 9.50 Å². The first kappa shape index (κ1) is 32.5. The molecular weight excluding hydrogens is 670 g/mol. The van der Waals surface area contributed by atoms with E-state index in [1.54, 1.807) is 12.1 Å². The highest BCUT2D eigenvalue weighted by Crippen LogP contribution is 2.50. The van der Waals surface area contributed by atoms with Gasteiger partial charge in [-0.25, -0.2) is 19.0 Å². The summed E-state index contributed by atoms with van der Waals surface area (Å²) < 4.78 is 22.1. The molecule has 3 aromatic carbocycles. The minimum Gasteiger partial charge on any atom is -0.508 e. The third-order valence-electron chi connectivity index (χ3n) is 12.2. The van der Waals surface area contributed by atoms with Gasteiger partial charge in [0.15, 0.2) is 17.5 Å². The Hall–Kier alpha value is -5.16. The van der Waals surface area contributed by atoms with Crippen molar-refractivity contribution in [1.82, 2.24) is 45.1 Å². The number of phenolic OH excluding ortho intramolecular Hbond substituents is 1. The molecule has 6 aromatic rings. The first-order valence-electron chi connectivity index (χ1n) is 18.8. The summed E-state index contributed by atoms with van der Waals surface area (Å²) in [5, 5.41) is 39.4. The second-order valence-corrected chi connectivity index (χ2v) is 15.5. The molecule has 7 heterocycles. The van der Waals surface area contributed by atoms with Crippen molar-refractivity contribution in [2.24, 2.45) is 5.92 Å². The monoisotopic (exact) mass is 711 g/mol. The number of fused-ring (bicyclic) bond motifs is 5. The summed E-state index contributed by atoms with van der Waals surface area (Å²) in [7, 11) is 4.16. The highest BCUT2D eigenvalue weighted by atomic mass is 19.1. The molecule has 4 aliphatic heterocycles. The molecule has 3 unspecified atom stereocenters. The molecule has 13 heteroatoms. The molecule has 1 saturated carbocycles. The van der Waals surface area contributed by atoms with Crippen molar-refractivity contribution in [3.63, 3.8) is 0 Å². The Kier molecular flexibility index (Phi) is 7.64. The summed E-state index contributed by atoms with van der Waals surface area (Å²) in [4.78, 5) is 15.0. The number of imidazole rings is 1. The number of aromatic nitrogens is 6. The second kappa shape index (κ2) is 12.5.